The lowest BCUT2D eigenvalue weighted by Gasteiger charge is -2.35. The Labute approximate surface area is 132 Å². The van der Waals surface area contributed by atoms with Gasteiger partial charge >= 0.3 is 0 Å². The number of piperazine rings is 1. The fourth-order valence-electron chi connectivity index (χ4n) is 2.30. The van der Waals surface area contributed by atoms with Crippen LogP contribution in [0.3, 0.4) is 0 Å². The molecule has 7 heteroatoms. The molecule has 0 atom stereocenters. The lowest BCUT2D eigenvalue weighted by atomic mass is 10.3. The molecule has 0 N–H and O–H groups in total. The van der Waals surface area contributed by atoms with Gasteiger partial charge in [0, 0.05) is 44.3 Å². The Hall–Kier alpha value is -0.880. The van der Waals surface area contributed by atoms with Crippen molar-refractivity contribution >= 4 is 40.4 Å². The van der Waals surface area contributed by atoms with Crippen molar-refractivity contribution in [1.82, 2.24) is 14.9 Å². The average molecular weight is 329 g/mol. The highest BCUT2D eigenvalue weighted by Gasteiger charge is 2.20. The van der Waals surface area contributed by atoms with Crippen molar-refractivity contribution < 1.29 is 0 Å². The van der Waals surface area contributed by atoms with Gasteiger partial charge in [-0.2, -0.15) is 0 Å². The number of hydrogen-bond donors (Lipinski definition) is 0. The van der Waals surface area contributed by atoms with Crippen LogP contribution in [0.15, 0.2) is 23.2 Å². The van der Waals surface area contributed by atoms with E-state index in [9.17, 15) is 0 Å². The lowest BCUT2D eigenvalue weighted by molar-refractivity contribution is 0.247. The molecule has 0 unspecified atom stereocenters. The summed E-state index contributed by atoms with van der Waals surface area (Å²) in [4.78, 5) is 13.3. The van der Waals surface area contributed by atoms with Crippen LogP contribution in [0, 0.1) is 0 Å². The molecule has 0 spiro atoms. The molecule has 0 amide bonds. The summed E-state index contributed by atoms with van der Waals surface area (Å²) in [6.07, 6.45) is 1.64. The Morgan fingerprint density at radius 2 is 1.95 bits per heavy atom. The van der Waals surface area contributed by atoms with Crippen LogP contribution in [0.5, 0.6) is 0 Å². The monoisotopic (exact) mass is 328 g/mol. The van der Waals surface area contributed by atoms with Crippen LogP contribution in [-0.4, -0.2) is 41.0 Å². The molecular formula is C13H14Cl2N4S. The molecule has 2 aromatic heterocycles. The fourth-order valence-corrected chi connectivity index (χ4v) is 3.35. The van der Waals surface area contributed by atoms with Crippen molar-refractivity contribution in [2.24, 2.45) is 0 Å². The summed E-state index contributed by atoms with van der Waals surface area (Å²) in [6, 6.07) is 1.74. The van der Waals surface area contributed by atoms with Gasteiger partial charge in [-0.05, 0) is 6.07 Å². The van der Waals surface area contributed by atoms with Gasteiger partial charge in [-0.1, -0.05) is 23.2 Å². The van der Waals surface area contributed by atoms with Gasteiger partial charge in [0.2, 0.25) is 0 Å². The van der Waals surface area contributed by atoms with Crippen LogP contribution in [0.25, 0.3) is 0 Å². The minimum absolute atomic E-state index is 0.570. The van der Waals surface area contributed by atoms with Crippen molar-refractivity contribution in [3.63, 3.8) is 0 Å². The van der Waals surface area contributed by atoms with Gasteiger partial charge < -0.3 is 4.90 Å². The number of nitrogens with zero attached hydrogens (tertiary/aromatic N) is 4. The molecule has 0 bridgehead atoms. The summed E-state index contributed by atoms with van der Waals surface area (Å²) in [6.45, 7) is 4.71. The quantitative estimate of drug-likeness (QED) is 0.866. The van der Waals surface area contributed by atoms with Crippen LogP contribution < -0.4 is 4.90 Å². The molecule has 0 aliphatic carbocycles. The van der Waals surface area contributed by atoms with Gasteiger partial charge in [0.1, 0.15) is 5.82 Å². The van der Waals surface area contributed by atoms with Crippen LogP contribution in [0.4, 0.5) is 5.82 Å². The van der Waals surface area contributed by atoms with E-state index in [1.54, 1.807) is 23.6 Å². The highest BCUT2D eigenvalue weighted by molar-refractivity contribution is 7.07. The highest BCUT2D eigenvalue weighted by atomic mass is 35.5. The number of hydrogen-bond acceptors (Lipinski definition) is 5. The first-order valence-corrected chi connectivity index (χ1v) is 8.07. The van der Waals surface area contributed by atoms with E-state index in [1.807, 2.05) is 5.51 Å². The van der Waals surface area contributed by atoms with Crippen LogP contribution in [-0.2, 0) is 6.54 Å². The summed E-state index contributed by atoms with van der Waals surface area (Å²) < 4.78 is 0. The maximum atomic E-state index is 6.20. The number of aromatic nitrogens is 2. The predicted octanol–water partition coefficient (Wildman–Crippen LogP) is 3.17. The zero-order valence-electron chi connectivity index (χ0n) is 10.8. The van der Waals surface area contributed by atoms with Crippen molar-refractivity contribution in [3.05, 3.63) is 38.9 Å². The normalized spacial score (nSPS) is 16.6. The van der Waals surface area contributed by atoms with Gasteiger partial charge in [0.05, 0.1) is 21.2 Å². The standard InChI is InChI=1S/C13H14Cl2N4S/c14-10-5-12(15)13(16-6-10)19-3-1-18(2-4-19)7-11-8-20-9-17-11/h5-6,8-9H,1-4,7H2. The van der Waals surface area contributed by atoms with E-state index in [-0.39, 0.29) is 0 Å². The number of pyridine rings is 1. The highest BCUT2D eigenvalue weighted by Crippen LogP contribution is 2.26. The van der Waals surface area contributed by atoms with Crippen molar-refractivity contribution in [2.75, 3.05) is 31.1 Å². The molecule has 1 aliphatic heterocycles. The van der Waals surface area contributed by atoms with Gasteiger partial charge in [-0.25, -0.2) is 9.97 Å². The third kappa shape index (κ3) is 3.23. The number of halogens is 2. The van der Waals surface area contributed by atoms with E-state index in [0.717, 1.165) is 44.2 Å². The smallest absolute Gasteiger partial charge is 0.147 e. The molecule has 20 heavy (non-hydrogen) atoms. The first-order chi connectivity index (χ1) is 9.72. The summed E-state index contributed by atoms with van der Waals surface area (Å²) in [5.41, 5.74) is 3.02. The molecule has 1 aliphatic rings. The zero-order valence-corrected chi connectivity index (χ0v) is 13.1. The third-order valence-electron chi connectivity index (χ3n) is 3.33. The van der Waals surface area contributed by atoms with Gasteiger partial charge in [-0.3, -0.25) is 4.90 Å². The van der Waals surface area contributed by atoms with E-state index < -0.39 is 0 Å². The molecule has 1 fully saturated rings. The van der Waals surface area contributed by atoms with Crippen LogP contribution >= 0.6 is 34.5 Å². The molecule has 0 saturated carbocycles. The summed E-state index contributed by atoms with van der Waals surface area (Å²) >= 11 is 13.7. The molecule has 3 heterocycles. The van der Waals surface area contributed by atoms with Crippen LogP contribution in [0.1, 0.15) is 5.69 Å². The Morgan fingerprint density at radius 1 is 1.15 bits per heavy atom. The first kappa shape index (κ1) is 14.1. The van der Waals surface area contributed by atoms with Crippen molar-refractivity contribution in [3.8, 4) is 0 Å². The molecular weight excluding hydrogens is 315 g/mol. The van der Waals surface area contributed by atoms with E-state index in [1.165, 1.54) is 0 Å². The fraction of sp³-hybridized carbons (Fsp3) is 0.385. The molecule has 3 rings (SSSR count). The Bertz CT molecular complexity index is 568. The number of thiazole rings is 1. The molecule has 4 nitrogen and oxygen atoms in total. The van der Waals surface area contributed by atoms with Crippen molar-refractivity contribution in [2.45, 2.75) is 6.54 Å². The largest absolute Gasteiger partial charge is 0.353 e. The van der Waals surface area contributed by atoms with Gasteiger partial charge in [0.15, 0.2) is 0 Å². The summed E-state index contributed by atoms with van der Waals surface area (Å²) in [5.74, 6) is 0.823. The maximum Gasteiger partial charge on any atom is 0.147 e. The molecule has 106 valence electrons. The summed E-state index contributed by atoms with van der Waals surface area (Å²) in [7, 11) is 0. The average Bonchev–Trinajstić information content (AvgIpc) is 2.93. The molecule has 1 saturated heterocycles. The third-order valence-corrected chi connectivity index (χ3v) is 4.45. The topological polar surface area (TPSA) is 32.3 Å². The second kappa shape index (κ2) is 6.26. The van der Waals surface area contributed by atoms with E-state index >= 15 is 0 Å². The van der Waals surface area contributed by atoms with Gasteiger partial charge in [-0.15, -0.1) is 11.3 Å². The molecule has 0 aromatic carbocycles. The zero-order chi connectivity index (χ0) is 13.9. The Kier molecular flexibility index (Phi) is 4.41. The van der Waals surface area contributed by atoms with Crippen molar-refractivity contribution in [1.29, 1.82) is 0 Å². The molecule has 0 radical (unpaired) electrons. The lowest BCUT2D eigenvalue weighted by Crippen LogP contribution is -2.46. The maximum absolute atomic E-state index is 6.20. The Balaban J connectivity index is 1.60. The predicted molar refractivity (Wildman–Crippen MR) is 83.9 cm³/mol. The molecule has 2 aromatic rings. The first-order valence-electron chi connectivity index (χ1n) is 6.38. The second-order valence-corrected chi connectivity index (χ2v) is 6.26. The minimum atomic E-state index is 0.570. The van der Waals surface area contributed by atoms with E-state index in [4.69, 9.17) is 23.2 Å². The number of anilines is 1. The van der Waals surface area contributed by atoms with Gasteiger partial charge in [0.25, 0.3) is 0 Å². The SMILES string of the molecule is Clc1cnc(N2CCN(Cc3cscn3)CC2)c(Cl)c1. The minimum Gasteiger partial charge on any atom is -0.353 e. The number of rotatable bonds is 3. The van der Waals surface area contributed by atoms with E-state index in [2.05, 4.69) is 25.1 Å². The van der Waals surface area contributed by atoms with E-state index in [0.29, 0.717) is 10.0 Å². The second-order valence-electron chi connectivity index (χ2n) is 4.70. The summed E-state index contributed by atoms with van der Waals surface area (Å²) in [5, 5.41) is 3.29. The Morgan fingerprint density at radius 3 is 2.60 bits per heavy atom. The van der Waals surface area contributed by atoms with Crippen LogP contribution in [0.2, 0.25) is 10.0 Å².